The first-order valence-corrected chi connectivity index (χ1v) is 6.19. The van der Waals surface area contributed by atoms with Crippen LogP contribution in [0.25, 0.3) is 0 Å². The van der Waals surface area contributed by atoms with Crippen molar-refractivity contribution in [1.29, 1.82) is 0 Å². The third-order valence-corrected chi connectivity index (χ3v) is 2.61. The summed E-state index contributed by atoms with van der Waals surface area (Å²) in [6.45, 7) is 1.80. The van der Waals surface area contributed by atoms with Gasteiger partial charge in [0.05, 0.1) is 25.2 Å². The lowest BCUT2D eigenvalue weighted by Crippen LogP contribution is -2.19. The second kappa shape index (κ2) is 6.12. The van der Waals surface area contributed by atoms with Crippen molar-refractivity contribution >= 4 is 17.4 Å². The Morgan fingerprint density at radius 3 is 2.52 bits per heavy atom. The Morgan fingerprint density at radius 1 is 1.19 bits per heavy atom. The van der Waals surface area contributed by atoms with E-state index < -0.39 is 0 Å². The molecule has 0 atom stereocenters. The summed E-state index contributed by atoms with van der Waals surface area (Å²) in [7, 11) is 5.10. The van der Waals surface area contributed by atoms with Gasteiger partial charge in [-0.15, -0.1) is 0 Å². The SMILES string of the molecule is COc1ncc(NC(=O)c2cnc(C)cn2)c(N(C)C)n1. The summed E-state index contributed by atoms with van der Waals surface area (Å²) in [4.78, 5) is 30.1. The van der Waals surface area contributed by atoms with E-state index in [1.807, 2.05) is 14.1 Å². The van der Waals surface area contributed by atoms with Crippen molar-refractivity contribution in [3.05, 3.63) is 30.0 Å². The molecule has 21 heavy (non-hydrogen) atoms. The number of aryl methyl sites for hydroxylation is 1. The standard InChI is InChI=1S/C13H16N6O2/c1-8-5-15-10(7-14-8)12(20)17-9-6-16-13(21-4)18-11(9)19(2)3/h5-7H,1-4H3,(H,17,20). The van der Waals surface area contributed by atoms with Gasteiger partial charge < -0.3 is 15.0 Å². The third kappa shape index (κ3) is 3.41. The third-order valence-electron chi connectivity index (χ3n) is 2.61. The van der Waals surface area contributed by atoms with Crippen molar-refractivity contribution in [1.82, 2.24) is 19.9 Å². The van der Waals surface area contributed by atoms with Gasteiger partial charge in [0.2, 0.25) is 0 Å². The highest BCUT2D eigenvalue weighted by molar-refractivity contribution is 6.04. The number of ether oxygens (including phenoxy) is 1. The van der Waals surface area contributed by atoms with E-state index in [0.29, 0.717) is 11.5 Å². The molecular formula is C13H16N6O2. The monoisotopic (exact) mass is 288 g/mol. The number of rotatable bonds is 4. The molecule has 0 aliphatic heterocycles. The molecule has 0 fully saturated rings. The zero-order valence-corrected chi connectivity index (χ0v) is 12.3. The first kappa shape index (κ1) is 14.6. The van der Waals surface area contributed by atoms with E-state index in [1.165, 1.54) is 25.7 Å². The maximum Gasteiger partial charge on any atom is 0.318 e. The van der Waals surface area contributed by atoms with Crippen molar-refractivity contribution in [3.8, 4) is 6.01 Å². The first-order valence-electron chi connectivity index (χ1n) is 6.19. The lowest BCUT2D eigenvalue weighted by Gasteiger charge is -2.16. The van der Waals surface area contributed by atoms with E-state index in [1.54, 1.807) is 11.8 Å². The smallest absolute Gasteiger partial charge is 0.318 e. The van der Waals surface area contributed by atoms with E-state index in [0.717, 1.165) is 5.69 Å². The fraction of sp³-hybridized carbons (Fsp3) is 0.308. The van der Waals surface area contributed by atoms with Gasteiger partial charge in [0.15, 0.2) is 5.82 Å². The summed E-state index contributed by atoms with van der Waals surface area (Å²) < 4.78 is 4.98. The summed E-state index contributed by atoms with van der Waals surface area (Å²) in [6, 6.07) is 0.229. The first-order chi connectivity index (χ1) is 10.0. The molecule has 2 aromatic heterocycles. The van der Waals surface area contributed by atoms with E-state index in [2.05, 4.69) is 25.3 Å². The quantitative estimate of drug-likeness (QED) is 0.893. The topological polar surface area (TPSA) is 93.1 Å². The lowest BCUT2D eigenvalue weighted by molar-refractivity contribution is 0.102. The minimum atomic E-state index is -0.376. The van der Waals surface area contributed by atoms with Gasteiger partial charge in [0.1, 0.15) is 11.4 Å². The number of methoxy groups -OCH3 is 1. The molecule has 0 bridgehead atoms. The van der Waals surface area contributed by atoms with Crippen molar-refractivity contribution in [2.24, 2.45) is 0 Å². The van der Waals surface area contributed by atoms with Gasteiger partial charge in [-0.1, -0.05) is 0 Å². The molecule has 0 radical (unpaired) electrons. The van der Waals surface area contributed by atoms with Crippen LogP contribution in [0.3, 0.4) is 0 Å². The summed E-state index contributed by atoms with van der Waals surface area (Å²) in [5, 5.41) is 2.72. The largest absolute Gasteiger partial charge is 0.467 e. The van der Waals surface area contributed by atoms with Crippen LogP contribution in [0.1, 0.15) is 16.2 Å². The number of carbonyl (C=O) groups is 1. The molecule has 0 saturated heterocycles. The molecule has 0 spiro atoms. The number of aromatic nitrogens is 4. The molecule has 2 rings (SSSR count). The van der Waals surface area contributed by atoms with Gasteiger partial charge in [-0.2, -0.15) is 4.98 Å². The van der Waals surface area contributed by atoms with E-state index in [-0.39, 0.29) is 17.6 Å². The van der Waals surface area contributed by atoms with Crippen LogP contribution >= 0.6 is 0 Å². The molecular weight excluding hydrogens is 272 g/mol. The van der Waals surface area contributed by atoms with E-state index in [9.17, 15) is 4.79 Å². The Kier molecular flexibility index (Phi) is 4.27. The van der Waals surface area contributed by atoms with Crippen molar-refractivity contribution in [2.45, 2.75) is 6.92 Å². The second-order valence-electron chi connectivity index (χ2n) is 4.49. The number of nitrogens with one attached hydrogen (secondary N) is 1. The Morgan fingerprint density at radius 2 is 1.95 bits per heavy atom. The van der Waals surface area contributed by atoms with Crippen molar-refractivity contribution in [2.75, 3.05) is 31.4 Å². The summed E-state index contributed by atoms with van der Waals surface area (Å²) >= 11 is 0. The molecule has 0 aliphatic rings. The molecule has 1 amide bonds. The zero-order chi connectivity index (χ0) is 15.4. The van der Waals surface area contributed by atoms with Crippen molar-refractivity contribution in [3.63, 3.8) is 0 Å². The lowest BCUT2D eigenvalue weighted by atomic mass is 10.3. The summed E-state index contributed by atoms with van der Waals surface area (Å²) in [6.07, 6.45) is 4.44. The van der Waals surface area contributed by atoms with Gasteiger partial charge in [0.25, 0.3) is 5.91 Å². The van der Waals surface area contributed by atoms with Gasteiger partial charge >= 0.3 is 6.01 Å². The molecule has 0 saturated carbocycles. The van der Waals surface area contributed by atoms with Gasteiger partial charge in [-0.05, 0) is 6.92 Å². The van der Waals surface area contributed by atoms with Crippen LogP contribution in [0.15, 0.2) is 18.6 Å². The Hall–Kier alpha value is -2.77. The number of carbonyl (C=O) groups excluding carboxylic acids is 1. The number of nitrogens with zero attached hydrogens (tertiary/aromatic N) is 5. The number of hydrogen-bond donors (Lipinski definition) is 1. The van der Waals surface area contributed by atoms with E-state index >= 15 is 0 Å². The predicted octanol–water partition coefficient (Wildman–Crippen LogP) is 0.902. The minimum absolute atomic E-state index is 0.223. The molecule has 8 heteroatoms. The normalized spacial score (nSPS) is 10.1. The van der Waals surface area contributed by atoms with Crippen LogP contribution in [0.4, 0.5) is 11.5 Å². The average Bonchev–Trinajstić information content (AvgIpc) is 2.48. The highest BCUT2D eigenvalue weighted by Gasteiger charge is 2.14. The molecule has 0 aliphatic carbocycles. The molecule has 8 nitrogen and oxygen atoms in total. The second-order valence-corrected chi connectivity index (χ2v) is 4.49. The summed E-state index contributed by atoms with van der Waals surface area (Å²) in [5.74, 6) is 0.162. The van der Waals surface area contributed by atoms with Gasteiger partial charge in [-0.25, -0.2) is 9.97 Å². The maximum atomic E-state index is 12.1. The fourth-order valence-electron chi connectivity index (χ4n) is 1.58. The number of amides is 1. The van der Waals surface area contributed by atoms with E-state index in [4.69, 9.17) is 4.74 Å². The highest BCUT2D eigenvalue weighted by Crippen LogP contribution is 2.23. The Balaban J connectivity index is 2.26. The average molecular weight is 288 g/mol. The predicted molar refractivity (Wildman–Crippen MR) is 77.6 cm³/mol. The molecule has 0 unspecified atom stereocenters. The minimum Gasteiger partial charge on any atom is -0.467 e. The molecule has 2 aromatic rings. The van der Waals surface area contributed by atoms with Crippen LogP contribution in [0.2, 0.25) is 0 Å². The van der Waals surface area contributed by atoms with Crippen LogP contribution in [-0.4, -0.2) is 47.0 Å². The molecule has 2 heterocycles. The van der Waals surface area contributed by atoms with Crippen molar-refractivity contribution < 1.29 is 9.53 Å². The molecule has 0 aromatic carbocycles. The van der Waals surface area contributed by atoms with Gasteiger partial charge in [-0.3, -0.25) is 9.78 Å². The van der Waals surface area contributed by atoms with Gasteiger partial charge in [0, 0.05) is 20.3 Å². The molecule has 110 valence electrons. The maximum absolute atomic E-state index is 12.1. The summed E-state index contributed by atoms with van der Waals surface area (Å²) in [5.41, 5.74) is 1.43. The van der Waals surface area contributed by atoms with Crippen LogP contribution in [0.5, 0.6) is 6.01 Å². The Bertz CT molecular complexity index is 642. The highest BCUT2D eigenvalue weighted by atomic mass is 16.5. The number of anilines is 2. The number of hydrogen-bond acceptors (Lipinski definition) is 7. The zero-order valence-electron chi connectivity index (χ0n) is 12.3. The Labute approximate surface area is 122 Å². The molecule has 1 N–H and O–H groups in total. The van der Waals surface area contributed by atoms with Crippen LogP contribution < -0.4 is 15.0 Å². The van der Waals surface area contributed by atoms with Crippen LogP contribution in [0, 0.1) is 6.92 Å². The van der Waals surface area contributed by atoms with Crippen LogP contribution in [-0.2, 0) is 0 Å². The fourth-order valence-corrected chi connectivity index (χ4v) is 1.58.